The molecule has 6 nitrogen and oxygen atoms in total. The second-order valence-corrected chi connectivity index (χ2v) is 8.02. The van der Waals surface area contributed by atoms with E-state index in [1.165, 1.54) is 0 Å². The summed E-state index contributed by atoms with van der Waals surface area (Å²) in [7, 11) is 0. The molecule has 31 heavy (non-hydrogen) atoms. The average molecular weight is 414 g/mol. The maximum Gasteiger partial charge on any atom is 0.232 e. The topological polar surface area (TPSA) is 66.2 Å². The third-order valence-electron chi connectivity index (χ3n) is 5.76. The second kappa shape index (κ2) is 8.88. The van der Waals surface area contributed by atoms with E-state index in [1.54, 1.807) is 6.33 Å². The zero-order valence-corrected chi connectivity index (χ0v) is 17.7. The van der Waals surface area contributed by atoms with Gasteiger partial charge < -0.3 is 15.1 Å². The number of benzene rings is 2. The molecule has 158 valence electrons. The Balaban J connectivity index is 1.51. The van der Waals surface area contributed by atoms with E-state index in [0.29, 0.717) is 11.8 Å². The Morgan fingerprint density at radius 1 is 1.03 bits per heavy atom. The minimum absolute atomic E-state index is 0.534. The van der Waals surface area contributed by atoms with Crippen molar-refractivity contribution in [2.75, 3.05) is 38.0 Å². The van der Waals surface area contributed by atoms with E-state index in [2.05, 4.69) is 56.7 Å². The summed E-state index contributed by atoms with van der Waals surface area (Å²) in [5, 5.41) is 7.98. The minimum Gasteiger partial charge on any atom is -0.437 e. The maximum absolute atomic E-state index is 6.28. The first-order valence-electron chi connectivity index (χ1n) is 10.9. The molecule has 0 spiro atoms. The smallest absolute Gasteiger partial charge is 0.232 e. The molecule has 1 fully saturated rings. The van der Waals surface area contributed by atoms with Gasteiger partial charge in [0.1, 0.15) is 17.9 Å². The normalized spacial score (nSPS) is 17.1. The number of hydrogen-bond donors (Lipinski definition) is 2. The Morgan fingerprint density at radius 2 is 1.77 bits per heavy atom. The Labute approximate surface area is 182 Å². The second-order valence-electron chi connectivity index (χ2n) is 8.02. The molecule has 0 bridgehead atoms. The fraction of sp³-hybridized carbons (Fsp3) is 0.280. The van der Waals surface area contributed by atoms with Crippen LogP contribution < -0.4 is 10.6 Å². The highest BCUT2D eigenvalue weighted by atomic mass is 16.3. The number of anilines is 1. The summed E-state index contributed by atoms with van der Waals surface area (Å²) < 4.78 is 6.28. The first-order valence-corrected chi connectivity index (χ1v) is 10.9. The first-order chi connectivity index (χ1) is 15.3. The molecule has 1 atom stereocenters. The van der Waals surface area contributed by atoms with Gasteiger partial charge in [0.25, 0.3) is 0 Å². The van der Waals surface area contributed by atoms with Gasteiger partial charge in [-0.2, -0.15) is 0 Å². The molecular weight excluding hydrogens is 386 g/mol. The van der Waals surface area contributed by atoms with Gasteiger partial charge in [-0.25, -0.2) is 9.97 Å². The van der Waals surface area contributed by atoms with Gasteiger partial charge in [0.05, 0.1) is 5.39 Å². The monoisotopic (exact) mass is 413 g/mol. The van der Waals surface area contributed by atoms with Gasteiger partial charge >= 0.3 is 0 Å². The molecule has 1 aliphatic heterocycles. The Morgan fingerprint density at radius 3 is 2.52 bits per heavy atom. The van der Waals surface area contributed by atoms with Crippen molar-refractivity contribution >= 4 is 16.9 Å². The minimum atomic E-state index is 0.534. The molecule has 2 aromatic carbocycles. The molecule has 0 radical (unpaired) electrons. The summed E-state index contributed by atoms with van der Waals surface area (Å²) in [6.45, 7) is 7.21. The number of nitrogens with one attached hydrogen (secondary N) is 2. The Hall–Kier alpha value is -3.22. The number of rotatable bonds is 6. The summed E-state index contributed by atoms with van der Waals surface area (Å²) in [4.78, 5) is 11.5. The van der Waals surface area contributed by atoms with Crippen LogP contribution >= 0.6 is 0 Å². The summed E-state index contributed by atoms with van der Waals surface area (Å²) in [5.41, 5.74) is 3.75. The zero-order chi connectivity index (χ0) is 21.0. The number of fused-ring (bicyclic) bond motifs is 1. The van der Waals surface area contributed by atoms with Crippen molar-refractivity contribution in [2.24, 2.45) is 0 Å². The van der Waals surface area contributed by atoms with E-state index in [0.717, 1.165) is 66.4 Å². The van der Waals surface area contributed by atoms with Crippen LogP contribution in [0, 0.1) is 0 Å². The van der Waals surface area contributed by atoms with Crippen molar-refractivity contribution in [2.45, 2.75) is 13.0 Å². The lowest BCUT2D eigenvalue weighted by Gasteiger charge is -2.31. The lowest BCUT2D eigenvalue weighted by molar-refractivity contribution is 0.214. The Bertz CT molecular complexity index is 1140. The molecule has 4 aromatic rings. The lowest BCUT2D eigenvalue weighted by atomic mass is 9.99. The molecule has 2 N–H and O–H groups in total. The van der Waals surface area contributed by atoms with Crippen molar-refractivity contribution in [3.8, 4) is 22.5 Å². The molecule has 0 aliphatic carbocycles. The summed E-state index contributed by atoms with van der Waals surface area (Å²) in [5.74, 6) is 1.64. The molecule has 3 heterocycles. The third-order valence-corrected chi connectivity index (χ3v) is 5.76. The van der Waals surface area contributed by atoms with Crippen molar-refractivity contribution in [3.63, 3.8) is 0 Å². The van der Waals surface area contributed by atoms with Crippen LogP contribution in [-0.2, 0) is 0 Å². The lowest BCUT2D eigenvalue weighted by Crippen LogP contribution is -2.50. The number of hydrogen-bond acceptors (Lipinski definition) is 6. The van der Waals surface area contributed by atoms with Gasteiger partial charge in [0.2, 0.25) is 5.71 Å². The van der Waals surface area contributed by atoms with Gasteiger partial charge in [-0.3, -0.25) is 4.90 Å². The molecule has 0 saturated carbocycles. The molecule has 5 rings (SSSR count). The van der Waals surface area contributed by atoms with Gasteiger partial charge in [0, 0.05) is 49.9 Å². The molecule has 1 aliphatic rings. The van der Waals surface area contributed by atoms with Crippen molar-refractivity contribution in [1.82, 2.24) is 20.2 Å². The van der Waals surface area contributed by atoms with E-state index in [1.807, 2.05) is 36.4 Å². The molecule has 1 saturated heterocycles. The quantitative estimate of drug-likeness (QED) is 0.492. The highest BCUT2D eigenvalue weighted by Crippen LogP contribution is 2.42. The predicted octanol–water partition coefficient (Wildman–Crippen LogP) is 4.26. The predicted molar refractivity (Wildman–Crippen MR) is 125 cm³/mol. The van der Waals surface area contributed by atoms with Crippen molar-refractivity contribution in [3.05, 3.63) is 67.0 Å². The van der Waals surface area contributed by atoms with Crippen molar-refractivity contribution < 1.29 is 4.42 Å². The van der Waals surface area contributed by atoms with Crippen LogP contribution in [0.5, 0.6) is 0 Å². The van der Waals surface area contributed by atoms with E-state index in [9.17, 15) is 0 Å². The SMILES string of the molecule is C[C@@H]1CN(CCNc2ncnc3oc(-c4ccccc4)c(-c4ccccc4)c23)CCN1. The van der Waals surface area contributed by atoms with Gasteiger partial charge in [-0.1, -0.05) is 60.7 Å². The fourth-order valence-corrected chi connectivity index (χ4v) is 4.29. The highest BCUT2D eigenvalue weighted by molar-refractivity contribution is 6.05. The maximum atomic E-state index is 6.28. The molecule has 6 heteroatoms. The van der Waals surface area contributed by atoms with Crippen LogP contribution in [0.15, 0.2) is 71.4 Å². The number of aromatic nitrogens is 2. The fourth-order valence-electron chi connectivity index (χ4n) is 4.29. The van der Waals surface area contributed by atoms with E-state index >= 15 is 0 Å². The zero-order valence-electron chi connectivity index (χ0n) is 17.7. The molecule has 0 unspecified atom stereocenters. The van der Waals surface area contributed by atoms with Crippen LogP contribution in [0.2, 0.25) is 0 Å². The molecule has 2 aromatic heterocycles. The molecule has 0 amide bonds. The number of piperazine rings is 1. The summed E-state index contributed by atoms with van der Waals surface area (Å²) in [6, 6.07) is 21.1. The van der Waals surface area contributed by atoms with E-state index in [-0.39, 0.29) is 0 Å². The first kappa shape index (κ1) is 19.7. The van der Waals surface area contributed by atoms with Gasteiger partial charge in [-0.05, 0) is 12.5 Å². The van der Waals surface area contributed by atoms with E-state index in [4.69, 9.17) is 4.42 Å². The van der Waals surface area contributed by atoms with E-state index < -0.39 is 0 Å². The molecular formula is C25H27N5O. The van der Waals surface area contributed by atoms with Gasteiger partial charge in [0.15, 0.2) is 0 Å². The number of nitrogens with zero attached hydrogens (tertiary/aromatic N) is 3. The third kappa shape index (κ3) is 4.17. The van der Waals surface area contributed by atoms with Crippen LogP contribution in [0.4, 0.5) is 5.82 Å². The standard InChI is InChI=1S/C25H27N5O/c1-18-16-30(14-12-26-18)15-13-27-24-22-21(19-8-4-2-5-9-19)23(20-10-6-3-7-11-20)31-25(22)29-17-28-24/h2-11,17-18,26H,12-16H2,1H3,(H,27,28,29)/t18-/m1/s1. The van der Waals surface area contributed by atoms with Gasteiger partial charge in [-0.15, -0.1) is 0 Å². The van der Waals surface area contributed by atoms with Crippen LogP contribution in [0.3, 0.4) is 0 Å². The van der Waals surface area contributed by atoms with Crippen LogP contribution in [0.1, 0.15) is 6.92 Å². The van der Waals surface area contributed by atoms with Crippen LogP contribution in [-0.4, -0.2) is 53.6 Å². The highest BCUT2D eigenvalue weighted by Gasteiger charge is 2.22. The van der Waals surface area contributed by atoms with Crippen molar-refractivity contribution in [1.29, 1.82) is 0 Å². The van der Waals surface area contributed by atoms with Crippen LogP contribution in [0.25, 0.3) is 33.6 Å². The Kier molecular flexibility index (Phi) is 5.65. The average Bonchev–Trinajstić information content (AvgIpc) is 3.21. The number of furan rings is 1. The largest absolute Gasteiger partial charge is 0.437 e. The summed E-state index contributed by atoms with van der Waals surface area (Å²) >= 11 is 0. The summed E-state index contributed by atoms with van der Waals surface area (Å²) in [6.07, 6.45) is 1.57.